The molecule has 0 bridgehead atoms. The minimum Gasteiger partial charge on any atom is -0.395 e. The van der Waals surface area contributed by atoms with Crippen molar-refractivity contribution < 1.29 is 15.3 Å². The van der Waals surface area contributed by atoms with Gasteiger partial charge < -0.3 is 20.6 Å². The van der Waals surface area contributed by atoms with Gasteiger partial charge in [-0.05, 0) is 13.8 Å². The van der Waals surface area contributed by atoms with E-state index in [2.05, 4.69) is 5.32 Å². The SMILES string of the molecule is CC1(C)NC(CO)[C@H](O)[C@H]1O. The Morgan fingerprint density at radius 3 is 2.09 bits per heavy atom. The van der Waals surface area contributed by atoms with E-state index in [4.69, 9.17) is 5.11 Å². The predicted octanol–water partition coefficient (Wildman–Crippen LogP) is -1.55. The molecule has 0 aromatic rings. The molecule has 0 saturated carbocycles. The minimum absolute atomic E-state index is 0.151. The molecule has 4 nitrogen and oxygen atoms in total. The van der Waals surface area contributed by atoms with Crippen LogP contribution in [0.5, 0.6) is 0 Å². The molecule has 4 heteroatoms. The molecule has 4 N–H and O–H groups in total. The van der Waals surface area contributed by atoms with E-state index in [1.54, 1.807) is 13.8 Å². The van der Waals surface area contributed by atoms with Gasteiger partial charge in [-0.15, -0.1) is 0 Å². The van der Waals surface area contributed by atoms with Gasteiger partial charge in [-0.25, -0.2) is 0 Å². The van der Waals surface area contributed by atoms with E-state index < -0.39 is 23.8 Å². The van der Waals surface area contributed by atoms with Crippen molar-refractivity contribution >= 4 is 0 Å². The summed E-state index contributed by atoms with van der Waals surface area (Å²) in [6.45, 7) is 3.43. The first-order valence-electron chi connectivity index (χ1n) is 3.73. The quantitative estimate of drug-likeness (QED) is 0.376. The lowest BCUT2D eigenvalue weighted by atomic mass is 9.98. The van der Waals surface area contributed by atoms with Gasteiger partial charge in [0.05, 0.1) is 24.9 Å². The van der Waals surface area contributed by atoms with Crippen LogP contribution in [0.3, 0.4) is 0 Å². The van der Waals surface area contributed by atoms with Gasteiger partial charge in [0, 0.05) is 5.54 Å². The van der Waals surface area contributed by atoms with Gasteiger partial charge >= 0.3 is 0 Å². The second-order valence-electron chi connectivity index (χ2n) is 3.59. The monoisotopic (exact) mass is 161 g/mol. The Bertz CT molecular complexity index is 149. The second-order valence-corrected chi connectivity index (χ2v) is 3.59. The zero-order valence-electron chi connectivity index (χ0n) is 6.78. The summed E-state index contributed by atoms with van der Waals surface area (Å²) in [5.74, 6) is 0. The molecule has 1 aliphatic rings. The van der Waals surface area contributed by atoms with Crippen LogP contribution >= 0.6 is 0 Å². The number of nitrogens with one attached hydrogen (secondary N) is 1. The van der Waals surface area contributed by atoms with E-state index in [9.17, 15) is 10.2 Å². The molecule has 1 heterocycles. The van der Waals surface area contributed by atoms with Crippen molar-refractivity contribution in [3.63, 3.8) is 0 Å². The fourth-order valence-corrected chi connectivity index (χ4v) is 1.45. The molecule has 1 fully saturated rings. The predicted molar refractivity (Wildman–Crippen MR) is 40.1 cm³/mol. The van der Waals surface area contributed by atoms with Crippen molar-refractivity contribution in [3.05, 3.63) is 0 Å². The first kappa shape index (κ1) is 8.93. The average molecular weight is 161 g/mol. The summed E-state index contributed by atoms with van der Waals surface area (Å²) < 4.78 is 0. The summed E-state index contributed by atoms with van der Waals surface area (Å²) in [7, 11) is 0. The molecule has 11 heavy (non-hydrogen) atoms. The molecule has 0 aromatic carbocycles. The molecule has 1 unspecified atom stereocenters. The zero-order valence-corrected chi connectivity index (χ0v) is 6.78. The molecule has 66 valence electrons. The van der Waals surface area contributed by atoms with E-state index in [0.29, 0.717) is 0 Å². The first-order chi connectivity index (χ1) is 4.99. The van der Waals surface area contributed by atoms with E-state index in [1.807, 2.05) is 0 Å². The molecule has 0 aromatic heterocycles. The highest BCUT2D eigenvalue weighted by molar-refractivity contribution is 5.04. The topological polar surface area (TPSA) is 72.7 Å². The van der Waals surface area contributed by atoms with Crippen LogP contribution in [0.4, 0.5) is 0 Å². The smallest absolute Gasteiger partial charge is 0.0992 e. The third kappa shape index (κ3) is 1.39. The molecule has 1 aliphatic heterocycles. The van der Waals surface area contributed by atoms with E-state index >= 15 is 0 Å². The third-order valence-corrected chi connectivity index (χ3v) is 2.23. The lowest BCUT2D eigenvalue weighted by molar-refractivity contribution is 0.00651. The average Bonchev–Trinajstić information content (AvgIpc) is 2.13. The van der Waals surface area contributed by atoms with Crippen molar-refractivity contribution in [2.45, 2.75) is 37.6 Å². The van der Waals surface area contributed by atoms with Gasteiger partial charge in [-0.3, -0.25) is 0 Å². The second kappa shape index (κ2) is 2.71. The molecule has 1 rings (SSSR count). The highest BCUT2D eigenvalue weighted by Crippen LogP contribution is 2.23. The van der Waals surface area contributed by atoms with Crippen molar-refractivity contribution in [1.29, 1.82) is 0 Å². The van der Waals surface area contributed by atoms with Gasteiger partial charge in [0.25, 0.3) is 0 Å². The summed E-state index contributed by atoms with van der Waals surface area (Å²) in [5.41, 5.74) is -0.507. The molecule has 0 aliphatic carbocycles. The van der Waals surface area contributed by atoms with Crippen molar-refractivity contribution in [2.75, 3.05) is 6.61 Å². The van der Waals surface area contributed by atoms with Crippen LogP contribution in [0, 0.1) is 0 Å². The standard InChI is InChI=1S/C7H15NO3/c1-7(2)6(11)5(10)4(3-9)8-7/h4-6,8-11H,3H2,1-2H3/t4?,5-,6+/m0/s1. The van der Waals surface area contributed by atoms with Crippen LogP contribution in [-0.4, -0.2) is 45.7 Å². The minimum atomic E-state index is -0.866. The van der Waals surface area contributed by atoms with Crippen LogP contribution in [0.25, 0.3) is 0 Å². The van der Waals surface area contributed by atoms with Gasteiger partial charge in [-0.1, -0.05) is 0 Å². The Morgan fingerprint density at radius 2 is 1.91 bits per heavy atom. The summed E-state index contributed by atoms with van der Waals surface area (Å²) in [6, 6.07) is -0.403. The molecule has 3 atom stereocenters. The number of hydrogen-bond donors (Lipinski definition) is 4. The number of rotatable bonds is 1. The van der Waals surface area contributed by atoms with Gasteiger partial charge in [-0.2, -0.15) is 0 Å². The molecule has 0 radical (unpaired) electrons. The Labute approximate surface area is 65.9 Å². The molecule has 0 spiro atoms. The van der Waals surface area contributed by atoms with Crippen LogP contribution in [0.2, 0.25) is 0 Å². The van der Waals surface area contributed by atoms with Gasteiger partial charge in [0.1, 0.15) is 0 Å². The fraction of sp³-hybridized carbons (Fsp3) is 1.00. The Balaban J connectivity index is 2.69. The normalized spacial score (nSPS) is 42.8. The summed E-state index contributed by atoms with van der Waals surface area (Å²) in [6.07, 6.45) is -1.67. The molecule has 0 amide bonds. The maximum atomic E-state index is 9.40. The Hall–Kier alpha value is -0.160. The lowest BCUT2D eigenvalue weighted by Gasteiger charge is -2.22. The van der Waals surface area contributed by atoms with Crippen LogP contribution in [0.15, 0.2) is 0 Å². The summed E-state index contributed by atoms with van der Waals surface area (Å²) in [4.78, 5) is 0. The largest absolute Gasteiger partial charge is 0.395 e. The highest BCUT2D eigenvalue weighted by atomic mass is 16.3. The zero-order chi connectivity index (χ0) is 8.65. The van der Waals surface area contributed by atoms with Crippen molar-refractivity contribution in [2.24, 2.45) is 0 Å². The van der Waals surface area contributed by atoms with Gasteiger partial charge in [0.2, 0.25) is 0 Å². The number of aliphatic hydroxyl groups is 3. The molecule has 1 saturated heterocycles. The Morgan fingerprint density at radius 1 is 1.36 bits per heavy atom. The van der Waals surface area contributed by atoms with Crippen LogP contribution in [-0.2, 0) is 0 Å². The fourth-order valence-electron chi connectivity index (χ4n) is 1.45. The maximum absolute atomic E-state index is 9.40. The lowest BCUT2D eigenvalue weighted by Crippen LogP contribution is -2.44. The van der Waals surface area contributed by atoms with Crippen molar-refractivity contribution in [1.82, 2.24) is 5.32 Å². The van der Waals surface area contributed by atoms with E-state index in [0.717, 1.165) is 0 Å². The van der Waals surface area contributed by atoms with Gasteiger partial charge in [0.15, 0.2) is 0 Å². The number of hydrogen-bond acceptors (Lipinski definition) is 4. The van der Waals surface area contributed by atoms with Crippen LogP contribution in [0.1, 0.15) is 13.8 Å². The maximum Gasteiger partial charge on any atom is 0.0992 e. The summed E-state index contributed by atoms with van der Waals surface area (Å²) >= 11 is 0. The van der Waals surface area contributed by atoms with Crippen molar-refractivity contribution in [3.8, 4) is 0 Å². The molecular formula is C7H15NO3. The highest BCUT2D eigenvalue weighted by Gasteiger charge is 2.45. The number of aliphatic hydroxyl groups excluding tert-OH is 3. The van der Waals surface area contributed by atoms with E-state index in [-0.39, 0.29) is 6.61 Å². The molecular weight excluding hydrogens is 146 g/mol. The first-order valence-corrected chi connectivity index (χ1v) is 3.73. The van der Waals surface area contributed by atoms with Crippen LogP contribution < -0.4 is 5.32 Å². The summed E-state index contributed by atoms with van der Waals surface area (Å²) in [5, 5.41) is 30.4. The van der Waals surface area contributed by atoms with E-state index in [1.165, 1.54) is 0 Å². The third-order valence-electron chi connectivity index (χ3n) is 2.23. The Kier molecular flexibility index (Phi) is 2.20.